The van der Waals surface area contributed by atoms with Crippen molar-refractivity contribution in [1.82, 2.24) is 4.72 Å². The molecule has 2 rings (SSSR count). The highest BCUT2D eigenvalue weighted by atomic mass is 32.2. The molecule has 0 saturated carbocycles. The first-order chi connectivity index (χ1) is 13.3. The molecular formula is C20H26N2O5S. The van der Waals surface area contributed by atoms with Crippen LogP contribution in [0, 0.1) is 0 Å². The zero-order valence-corrected chi connectivity index (χ0v) is 16.8. The quantitative estimate of drug-likeness (QED) is 0.495. The van der Waals surface area contributed by atoms with Gasteiger partial charge in [0.15, 0.2) is 0 Å². The number of ether oxygens (including phenoxy) is 1. The van der Waals surface area contributed by atoms with Gasteiger partial charge in [0.25, 0.3) is 0 Å². The van der Waals surface area contributed by atoms with Gasteiger partial charge in [-0.1, -0.05) is 30.3 Å². The van der Waals surface area contributed by atoms with Gasteiger partial charge in [-0.2, -0.15) is 0 Å². The Balaban J connectivity index is 2.16. The van der Waals surface area contributed by atoms with Gasteiger partial charge in [-0.25, -0.2) is 17.9 Å². The monoisotopic (exact) mass is 406 g/mol. The molecule has 0 heterocycles. The lowest BCUT2D eigenvalue weighted by atomic mass is 10.1. The molecule has 0 amide bonds. The summed E-state index contributed by atoms with van der Waals surface area (Å²) >= 11 is 0. The van der Waals surface area contributed by atoms with Gasteiger partial charge in [0.05, 0.1) is 10.5 Å². The van der Waals surface area contributed by atoms with Crippen LogP contribution < -0.4 is 10.0 Å². The lowest BCUT2D eigenvalue weighted by Crippen LogP contribution is -2.27. The van der Waals surface area contributed by atoms with E-state index >= 15 is 0 Å². The first-order valence-corrected chi connectivity index (χ1v) is 10.6. The predicted molar refractivity (Wildman–Crippen MR) is 108 cm³/mol. The van der Waals surface area contributed by atoms with Crippen molar-refractivity contribution in [3.05, 3.63) is 59.7 Å². The Morgan fingerprint density at radius 2 is 1.89 bits per heavy atom. The third kappa shape index (κ3) is 6.05. The molecule has 3 N–H and O–H groups in total. The van der Waals surface area contributed by atoms with Crippen LogP contribution in [0.1, 0.15) is 42.2 Å². The molecule has 1 atom stereocenters. The molecule has 0 aliphatic heterocycles. The Labute approximate surface area is 165 Å². The number of rotatable bonds is 11. The number of aromatic carboxylic acids is 1. The maximum atomic E-state index is 12.7. The summed E-state index contributed by atoms with van der Waals surface area (Å²) in [5.74, 6) is -1.19. The molecule has 8 heteroatoms. The summed E-state index contributed by atoms with van der Waals surface area (Å²) in [6.07, 6.45) is 0.711. The Bertz CT molecular complexity index is 885. The molecule has 0 aliphatic carbocycles. The lowest BCUT2D eigenvalue weighted by molar-refractivity contribution is 0.0697. The summed E-state index contributed by atoms with van der Waals surface area (Å²) < 4.78 is 33.2. The summed E-state index contributed by atoms with van der Waals surface area (Å²) in [7, 11) is -3.87. The maximum Gasteiger partial charge on any atom is 0.337 e. The molecular weight excluding hydrogens is 380 g/mol. The molecule has 0 unspecified atom stereocenters. The zero-order valence-electron chi connectivity index (χ0n) is 16.0. The van der Waals surface area contributed by atoms with Crippen molar-refractivity contribution in [3.8, 4) is 0 Å². The first-order valence-electron chi connectivity index (χ1n) is 9.11. The van der Waals surface area contributed by atoms with Crippen LogP contribution in [0.2, 0.25) is 0 Å². The van der Waals surface area contributed by atoms with Crippen molar-refractivity contribution < 1.29 is 23.1 Å². The van der Waals surface area contributed by atoms with E-state index in [-0.39, 0.29) is 10.5 Å². The normalized spacial score (nSPS) is 12.5. The van der Waals surface area contributed by atoms with E-state index in [1.807, 2.05) is 37.3 Å². The predicted octanol–water partition coefficient (Wildman–Crippen LogP) is 3.26. The van der Waals surface area contributed by atoms with Gasteiger partial charge in [-0.15, -0.1) is 0 Å². The fraction of sp³-hybridized carbons (Fsp3) is 0.350. The molecule has 0 aromatic heterocycles. The molecule has 2 aromatic carbocycles. The van der Waals surface area contributed by atoms with Gasteiger partial charge in [0.1, 0.15) is 0 Å². The Kier molecular flexibility index (Phi) is 7.98. The van der Waals surface area contributed by atoms with Gasteiger partial charge in [-0.3, -0.25) is 0 Å². The molecule has 152 valence electrons. The number of benzene rings is 2. The molecule has 0 saturated heterocycles. The standard InChI is InChI=1S/C20H26N2O5S/c1-3-27-13-7-12-21-19-11-10-17(14-18(19)20(23)24)28(25,26)22-15(2)16-8-5-4-6-9-16/h4-6,8-11,14-15,21-22H,3,7,12-13H2,1-2H3,(H,23,24)/t15-/m1/s1. The smallest absolute Gasteiger partial charge is 0.337 e. The van der Waals surface area contributed by atoms with Crippen molar-refractivity contribution in [1.29, 1.82) is 0 Å². The van der Waals surface area contributed by atoms with E-state index in [0.717, 1.165) is 5.56 Å². The highest BCUT2D eigenvalue weighted by molar-refractivity contribution is 7.89. The van der Waals surface area contributed by atoms with E-state index < -0.39 is 22.0 Å². The number of carbonyl (C=O) groups is 1. The topological polar surface area (TPSA) is 105 Å². The average molecular weight is 407 g/mol. The fourth-order valence-electron chi connectivity index (χ4n) is 2.67. The van der Waals surface area contributed by atoms with E-state index in [1.165, 1.54) is 18.2 Å². The van der Waals surface area contributed by atoms with Gasteiger partial charge in [0.2, 0.25) is 10.0 Å². The maximum absolute atomic E-state index is 12.7. The molecule has 28 heavy (non-hydrogen) atoms. The Morgan fingerprint density at radius 1 is 1.18 bits per heavy atom. The number of anilines is 1. The number of carboxylic acid groups (broad SMARTS) is 1. The van der Waals surface area contributed by atoms with Crippen LogP contribution in [0.5, 0.6) is 0 Å². The van der Waals surface area contributed by atoms with Crippen molar-refractivity contribution in [2.75, 3.05) is 25.1 Å². The number of sulfonamides is 1. The van der Waals surface area contributed by atoms with E-state index in [1.54, 1.807) is 6.92 Å². The van der Waals surface area contributed by atoms with Crippen molar-refractivity contribution in [2.45, 2.75) is 31.2 Å². The third-order valence-electron chi connectivity index (χ3n) is 4.15. The van der Waals surface area contributed by atoms with E-state index in [9.17, 15) is 18.3 Å². The van der Waals surface area contributed by atoms with Gasteiger partial charge in [-0.05, 0) is 44.0 Å². The molecule has 7 nitrogen and oxygen atoms in total. The zero-order chi connectivity index (χ0) is 20.6. The minimum atomic E-state index is -3.87. The van der Waals surface area contributed by atoms with Crippen LogP contribution in [-0.4, -0.2) is 39.3 Å². The summed E-state index contributed by atoms with van der Waals surface area (Å²) in [6.45, 7) is 5.36. The number of hydrogen-bond acceptors (Lipinski definition) is 5. The van der Waals surface area contributed by atoms with Gasteiger partial charge in [0, 0.05) is 31.5 Å². The second-order valence-corrected chi connectivity index (χ2v) is 7.96. The highest BCUT2D eigenvalue weighted by Crippen LogP contribution is 2.22. The third-order valence-corrected chi connectivity index (χ3v) is 5.69. The largest absolute Gasteiger partial charge is 0.478 e. The molecule has 0 radical (unpaired) electrons. The first kappa shape index (κ1) is 21.9. The van der Waals surface area contributed by atoms with Crippen molar-refractivity contribution in [3.63, 3.8) is 0 Å². The Hall–Kier alpha value is -2.42. The summed E-state index contributed by atoms with van der Waals surface area (Å²) in [6, 6.07) is 12.8. The lowest BCUT2D eigenvalue weighted by Gasteiger charge is -2.16. The molecule has 0 aliphatic rings. The van der Waals surface area contributed by atoms with Crippen LogP contribution >= 0.6 is 0 Å². The molecule has 0 bridgehead atoms. The minimum Gasteiger partial charge on any atom is -0.478 e. The van der Waals surface area contributed by atoms with Crippen molar-refractivity contribution in [2.24, 2.45) is 0 Å². The molecule has 0 spiro atoms. The number of hydrogen-bond donors (Lipinski definition) is 3. The SMILES string of the molecule is CCOCCCNc1ccc(S(=O)(=O)N[C@H](C)c2ccccc2)cc1C(=O)O. The second-order valence-electron chi connectivity index (χ2n) is 6.24. The number of nitrogens with one attached hydrogen (secondary N) is 2. The summed E-state index contributed by atoms with van der Waals surface area (Å²) in [4.78, 5) is 11.5. The average Bonchev–Trinajstić information content (AvgIpc) is 2.68. The van der Waals surface area contributed by atoms with E-state index in [0.29, 0.717) is 31.9 Å². The number of carboxylic acids is 1. The highest BCUT2D eigenvalue weighted by Gasteiger charge is 2.21. The van der Waals surface area contributed by atoms with Gasteiger partial charge >= 0.3 is 5.97 Å². The van der Waals surface area contributed by atoms with Crippen LogP contribution in [-0.2, 0) is 14.8 Å². The molecule has 0 fully saturated rings. The molecule has 2 aromatic rings. The van der Waals surface area contributed by atoms with Gasteiger partial charge < -0.3 is 15.2 Å². The van der Waals surface area contributed by atoms with Crippen LogP contribution in [0.3, 0.4) is 0 Å². The van der Waals surface area contributed by atoms with Crippen LogP contribution in [0.15, 0.2) is 53.4 Å². The minimum absolute atomic E-state index is 0.0902. The Morgan fingerprint density at radius 3 is 2.54 bits per heavy atom. The summed E-state index contributed by atoms with van der Waals surface area (Å²) in [5.41, 5.74) is 1.10. The summed E-state index contributed by atoms with van der Waals surface area (Å²) in [5, 5.41) is 12.5. The fourth-order valence-corrected chi connectivity index (χ4v) is 3.93. The van der Waals surface area contributed by atoms with Crippen LogP contribution in [0.4, 0.5) is 5.69 Å². The van der Waals surface area contributed by atoms with Crippen LogP contribution in [0.25, 0.3) is 0 Å². The van der Waals surface area contributed by atoms with E-state index in [4.69, 9.17) is 4.74 Å². The van der Waals surface area contributed by atoms with Crippen molar-refractivity contribution >= 4 is 21.7 Å². The second kappa shape index (κ2) is 10.2. The van der Waals surface area contributed by atoms with E-state index in [2.05, 4.69) is 10.0 Å².